The third kappa shape index (κ3) is 4.48. The number of methoxy groups -OCH3 is 1. The maximum atomic E-state index is 10.6. The van der Waals surface area contributed by atoms with E-state index < -0.39 is 6.10 Å². The Morgan fingerprint density at radius 1 is 1.37 bits per heavy atom. The Bertz CT molecular complexity index is 362. The summed E-state index contributed by atoms with van der Waals surface area (Å²) in [6, 6.07) is 0. The normalized spacial score (nSPS) is 13.2. The first kappa shape index (κ1) is 16.5. The van der Waals surface area contributed by atoms with Gasteiger partial charge in [0.05, 0.1) is 36.2 Å². The van der Waals surface area contributed by atoms with E-state index in [9.17, 15) is 5.11 Å². The van der Waals surface area contributed by atoms with Crippen molar-refractivity contribution in [3.63, 3.8) is 0 Å². The quantitative estimate of drug-likeness (QED) is 0.757. The third-order valence-electron chi connectivity index (χ3n) is 3.39. The molecule has 1 atom stereocenters. The largest absolute Gasteiger partial charge is 0.386 e. The van der Waals surface area contributed by atoms with Gasteiger partial charge in [-0.25, -0.2) is 0 Å². The van der Waals surface area contributed by atoms with Crippen LogP contribution in [0.25, 0.3) is 0 Å². The average molecular weight is 289 g/mol. The number of hydrogen-bond acceptors (Lipinski definition) is 3. The van der Waals surface area contributed by atoms with Gasteiger partial charge in [0.15, 0.2) is 0 Å². The molecule has 0 saturated carbocycles. The Morgan fingerprint density at radius 3 is 2.53 bits per heavy atom. The predicted molar refractivity (Wildman–Crippen MR) is 77.4 cm³/mol. The first-order chi connectivity index (χ1) is 9.15. The van der Waals surface area contributed by atoms with Crippen molar-refractivity contribution in [2.45, 2.75) is 52.2 Å². The molecule has 0 saturated heterocycles. The SMILES string of the molecule is CCCC(CCC)C(O)c1c(Cl)cnn1CCOC. The van der Waals surface area contributed by atoms with E-state index in [4.69, 9.17) is 16.3 Å². The van der Waals surface area contributed by atoms with Crippen LogP contribution in [0.4, 0.5) is 0 Å². The molecule has 1 rings (SSSR count). The Morgan fingerprint density at radius 2 is 2.00 bits per heavy atom. The van der Waals surface area contributed by atoms with Gasteiger partial charge in [-0.15, -0.1) is 0 Å². The summed E-state index contributed by atoms with van der Waals surface area (Å²) < 4.78 is 6.82. The van der Waals surface area contributed by atoms with Gasteiger partial charge in [-0.1, -0.05) is 38.3 Å². The molecule has 0 aliphatic rings. The molecule has 19 heavy (non-hydrogen) atoms. The van der Waals surface area contributed by atoms with Gasteiger partial charge in [-0.05, 0) is 18.8 Å². The van der Waals surface area contributed by atoms with Crippen LogP contribution in [0, 0.1) is 5.92 Å². The molecular weight excluding hydrogens is 264 g/mol. The van der Waals surface area contributed by atoms with E-state index in [0.717, 1.165) is 31.4 Å². The van der Waals surface area contributed by atoms with E-state index in [0.29, 0.717) is 18.2 Å². The molecule has 0 fully saturated rings. The van der Waals surface area contributed by atoms with Crippen LogP contribution in [0.3, 0.4) is 0 Å². The average Bonchev–Trinajstić information content (AvgIpc) is 2.76. The van der Waals surface area contributed by atoms with E-state index in [-0.39, 0.29) is 5.92 Å². The van der Waals surface area contributed by atoms with Crippen LogP contribution < -0.4 is 0 Å². The summed E-state index contributed by atoms with van der Waals surface area (Å²) in [6.07, 6.45) is 5.18. The zero-order valence-electron chi connectivity index (χ0n) is 12.1. The highest BCUT2D eigenvalue weighted by Crippen LogP contribution is 2.33. The molecule has 0 bridgehead atoms. The highest BCUT2D eigenvalue weighted by atomic mass is 35.5. The topological polar surface area (TPSA) is 47.3 Å². The van der Waals surface area contributed by atoms with Crippen LogP contribution in [-0.2, 0) is 11.3 Å². The van der Waals surface area contributed by atoms with Crippen LogP contribution in [0.15, 0.2) is 6.20 Å². The Hall–Kier alpha value is -0.580. The monoisotopic (exact) mass is 288 g/mol. The molecule has 4 nitrogen and oxygen atoms in total. The van der Waals surface area contributed by atoms with Gasteiger partial charge in [0, 0.05) is 7.11 Å². The van der Waals surface area contributed by atoms with E-state index in [1.165, 1.54) is 0 Å². The number of hydrogen-bond donors (Lipinski definition) is 1. The molecule has 1 aromatic rings. The highest BCUT2D eigenvalue weighted by Gasteiger charge is 2.25. The summed E-state index contributed by atoms with van der Waals surface area (Å²) in [7, 11) is 1.65. The standard InChI is InChI=1S/C14H25ClN2O2/c1-4-6-11(7-5-2)14(18)13-12(15)10-16-17(13)8-9-19-3/h10-11,14,18H,4-9H2,1-3H3. The number of aliphatic hydroxyl groups excluding tert-OH is 1. The first-order valence-corrected chi connectivity index (χ1v) is 7.41. The second kappa shape index (κ2) is 8.56. The van der Waals surface area contributed by atoms with Crippen LogP contribution in [0.5, 0.6) is 0 Å². The Kier molecular flexibility index (Phi) is 7.42. The summed E-state index contributed by atoms with van der Waals surface area (Å²) in [5.74, 6) is 0.241. The Balaban J connectivity index is 2.88. The third-order valence-corrected chi connectivity index (χ3v) is 3.68. The highest BCUT2D eigenvalue weighted by molar-refractivity contribution is 6.31. The van der Waals surface area contributed by atoms with Gasteiger partial charge >= 0.3 is 0 Å². The van der Waals surface area contributed by atoms with Crippen molar-refractivity contribution >= 4 is 11.6 Å². The minimum absolute atomic E-state index is 0.241. The number of aromatic nitrogens is 2. The molecular formula is C14H25ClN2O2. The second-order valence-corrected chi connectivity index (χ2v) is 5.28. The lowest BCUT2D eigenvalue weighted by atomic mass is 9.90. The summed E-state index contributed by atoms with van der Waals surface area (Å²) >= 11 is 6.18. The maximum Gasteiger partial charge on any atom is 0.0999 e. The summed E-state index contributed by atoms with van der Waals surface area (Å²) in [6.45, 7) is 5.45. The molecule has 1 heterocycles. The lowest BCUT2D eigenvalue weighted by Gasteiger charge is -2.23. The number of rotatable bonds is 9. The van der Waals surface area contributed by atoms with Gasteiger partial charge in [0.1, 0.15) is 0 Å². The van der Waals surface area contributed by atoms with E-state index >= 15 is 0 Å². The van der Waals surface area contributed by atoms with Crippen molar-refractivity contribution < 1.29 is 9.84 Å². The van der Waals surface area contributed by atoms with Crippen molar-refractivity contribution in [1.29, 1.82) is 0 Å². The van der Waals surface area contributed by atoms with Gasteiger partial charge in [-0.3, -0.25) is 4.68 Å². The van der Waals surface area contributed by atoms with Gasteiger partial charge in [0.25, 0.3) is 0 Å². The van der Waals surface area contributed by atoms with Crippen molar-refractivity contribution in [2.75, 3.05) is 13.7 Å². The van der Waals surface area contributed by atoms with Crippen LogP contribution in [0.1, 0.15) is 51.3 Å². The van der Waals surface area contributed by atoms with Gasteiger partial charge in [0.2, 0.25) is 0 Å². The van der Waals surface area contributed by atoms with Crippen molar-refractivity contribution in [3.8, 4) is 0 Å². The van der Waals surface area contributed by atoms with Gasteiger partial charge in [-0.2, -0.15) is 5.10 Å². The first-order valence-electron chi connectivity index (χ1n) is 7.03. The van der Waals surface area contributed by atoms with Gasteiger partial charge < -0.3 is 9.84 Å². The minimum Gasteiger partial charge on any atom is -0.386 e. The number of aliphatic hydroxyl groups is 1. The number of halogens is 1. The smallest absolute Gasteiger partial charge is 0.0999 e. The number of ether oxygens (including phenoxy) is 1. The molecule has 1 unspecified atom stereocenters. The number of nitrogens with zero attached hydrogens (tertiary/aromatic N) is 2. The summed E-state index contributed by atoms with van der Waals surface area (Å²) in [4.78, 5) is 0. The van der Waals surface area contributed by atoms with E-state index in [1.54, 1.807) is 18.0 Å². The fraction of sp³-hybridized carbons (Fsp3) is 0.786. The molecule has 1 aromatic heterocycles. The lowest BCUT2D eigenvalue weighted by Crippen LogP contribution is -2.19. The van der Waals surface area contributed by atoms with Crippen molar-refractivity contribution in [3.05, 3.63) is 16.9 Å². The fourth-order valence-corrected chi connectivity index (χ4v) is 2.70. The molecule has 0 aliphatic carbocycles. The zero-order valence-corrected chi connectivity index (χ0v) is 12.9. The molecule has 5 heteroatoms. The van der Waals surface area contributed by atoms with Crippen LogP contribution in [-0.4, -0.2) is 28.6 Å². The van der Waals surface area contributed by atoms with E-state index in [2.05, 4.69) is 18.9 Å². The zero-order chi connectivity index (χ0) is 14.3. The predicted octanol–water partition coefficient (Wildman–Crippen LogP) is 3.43. The molecule has 1 N–H and O–H groups in total. The molecule has 0 aromatic carbocycles. The molecule has 0 amide bonds. The maximum absolute atomic E-state index is 10.6. The van der Waals surface area contributed by atoms with Crippen molar-refractivity contribution in [1.82, 2.24) is 9.78 Å². The minimum atomic E-state index is -0.549. The van der Waals surface area contributed by atoms with E-state index in [1.807, 2.05) is 0 Å². The molecule has 0 radical (unpaired) electrons. The lowest BCUT2D eigenvalue weighted by molar-refractivity contribution is 0.0852. The fourth-order valence-electron chi connectivity index (χ4n) is 2.45. The molecule has 110 valence electrons. The van der Waals surface area contributed by atoms with Crippen LogP contribution >= 0.6 is 11.6 Å². The summed E-state index contributed by atoms with van der Waals surface area (Å²) in [5.41, 5.74) is 0.727. The summed E-state index contributed by atoms with van der Waals surface area (Å²) in [5, 5.41) is 15.4. The second-order valence-electron chi connectivity index (χ2n) is 4.88. The molecule has 0 spiro atoms. The van der Waals surface area contributed by atoms with Crippen molar-refractivity contribution in [2.24, 2.45) is 5.92 Å². The molecule has 0 aliphatic heterocycles. The van der Waals surface area contributed by atoms with Crippen LogP contribution in [0.2, 0.25) is 5.02 Å². The Labute approximate surface area is 120 Å².